The van der Waals surface area contributed by atoms with Crippen LogP contribution in [0.25, 0.3) is 0 Å². The number of thiazole rings is 1. The van der Waals surface area contributed by atoms with Crippen LogP contribution in [0.15, 0.2) is 0 Å². The molecule has 1 atom stereocenters. The summed E-state index contributed by atoms with van der Waals surface area (Å²) in [6.07, 6.45) is 0.529. The minimum atomic E-state index is -0.838. The van der Waals surface area contributed by atoms with Crippen LogP contribution in [0.4, 0.5) is 5.13 Å². The maximum Gasteiger partial charge on any atom is 0.312 e. The Labute approximate surface area is 98.7 Å². The second kappa shape index (κ2) is 5.16. The molecular formula is C10H16N2O3S. The molecule has 1 heterocycles. The van der Waals surface area contributed by atoms with Crippen LogP contribution in [0.3, 0.4) is 0 Å². The number of methoxy groups -OCH3 is 1. The first-order valence-corrected chi connectivity index (χ1v) is 5.77. The third-order valence-corrected chi connectivity index (χ3v) is 3.53. The average molecular weight is 244 g/mol. The van der Waals surface area contributed by atoms with Crippen molar-refractivity contribution < 1.29 is 14.6 Å². The number of nitrogens with zero attached hydrogens (tertiary/aromatic N) is 2. The number of aliphatic carboxylic acids is 1. The van der Waals surface area contributed by atoms with E-state index in [-0.39, 0.29) is 0 Å². The number of carbonyl (C=O) groups is 1. The van der Waals surface area contributed by atoms with E-state index in [1.807, 2.05) is 25.9 Å². The molecule has 1 aromatic heterocycles. The summed E-state index contributed by atoms with van der Waals surface area (Å²) in [5, 5.41) is 9.86. The summed E-state index contributed by atoms with van der Waals surface area (Å²) in [4.78, 5) is 17.8. The average Bonchev–Trinajstić information content (AvgIpc) is 2.62. The first kappa shape index (κ1) is 12.8. The van der Waals surface area contributed by atoms with E-state index in [2.05, 4.69) is 4.98 Å². The molecule has 0 aliphatic heterocycles. The van der Waals surface area contributed by atoms with Crippen LogP contribution in [-0.4, -0.2) is 37.3 Å². The molecule has 0 spiro atoms. The molecule has 0 saturated heterocycles. The highest BCUT2D eigenvalue weighted by atomic mass is 32.1. The Bertz CT molecular complexity index is 376. The third kappa shape index (κ3) is 2.44. The van der Waals surface area contributed by atoms with E-state index in [0.29, 0.717) is 17.2 Å². The summed E-state index contributed by atoms with van der Waals surface area (Å²) in [5.41, 5.74) is 0. The van der Waals surface area contributed by atoms with Gasteiger partial charge in [0.2, 0.25) is 5.88 Å². The molecular weight excluding hydrogens is 228 g/mol. The lowest BCUT2D eigenvalue weighted by molar-refractivity contribution is -0.138. The van der Waals surface area contributed by atoms with Gasteiger partial charge in [0.05, 0.1) is 17.9 Å². The summed E-state index contributed by atoms with van der Waals surface area (Å²) in [5.74, 6) is -0.959. The quantitative estimate of drug-likeness (QED) is 0.855. The SMILES string of the molecule is CCC(C(=O)O)c1sc(N(C)C)nc1OC. The molecule has 0 saturated carbocycles. The molecule has 1 N–H and O–H groups in total. The topological polar surface area (TPSA) is 62.7 Å². The summed E-state index contributed by atoms with van der Waals surface area (Å²) < 4.78 is 5.12. The van der Waals surface area contributed by atoms with Crippen molar-refractivity contribution in [2.75, 3.05) is 26.1 Å². The number of hydrogen-bond donors (Lipinski definition) is 1. The highest BCUT2D eigenvalue weighted by Gasteiger charge is 2.26. The van der Waals surface area contributed by atoms with Gasteiger partial charge >= 0.3 is 5.97 Å². The van der Waals surface area contributed by atoms with Crippen molar-refractivity contribution in [1.29, 1.82) is 0 Å². The first-order valence-electron chi connectivity index (χ1n) is 4.96. The van der Waals surface area contributed by atoms with Crippen molar-refractivity contribution in [2.24, 2.45) is 0 Å². The number of hydrogen-bond acceptors (Lipinski definition) is 5. The highest BCUT2D eigenvalue weighted by Crippen LogP contribution is 2.37. The third-order valence-electron chi connectivity index (χ3n) is 2.21. The summed E-state index contributed by atoms with van der Waals surface area (Å²) in [7, 11) is 5.24. The van der Waals surface area contributed by atoms with Gasteiger partial charge in [-0.2, -0.15) is 4.98 Å². The minimum Gasteiger partial charge on any atom is -0.481 e. The van der Waals surface area contributed by atoms with E-state index in [9.17, 15) is 4.79 Å². The van der Waals surface area contributed by atoms with Crippen LogP contribution in [0, 0.1) is 0 Å². The number of carboxylic acid groups (broad SMARTS) is 1. The minimum absolute atomic E-state index is 0.419. The van der Waals surface area contributed by atoms with Gasteiger partial charge in [-0.15, -0.1) is 0 Å². The Kier molecular flexibility index (Phi) is 4.12. The summed E-state index contributed by atoms with van der Waals surface area (Å²) in [6, 6.07) is 0. The Balaban J connectivity index is 3.14. The highest BCUT2D eigenvalue weighted by molar-refractivity contribution is 7.16. The molecule has 0 amide bonds. The lowest BCUT2D eigenvalue weighted by Crippen LogP contribution is -2.09. The van der Waals surface area contributed by atoms with E-state index < -0.39 is 11.9 Å². The van der Waals surface area contributed by atoms with Gasteiger partial charge < -0.3 is 14.7 Å². The van der Waals surface area contributed by atoms with Gasteiger partial charge in [-0.1, -0.05) is 18.3 Å². The van der Waals surface area contributed by atoms with Gasteiger partial charge in [0.15, 0.2) is 5.13 Å². The fourth-order valence-corrected chi connectivity index (χ4v) is 2.47. The predicted molar refractivity (Wildman–Crippen MR) is 63.7 cm³/mol. The van der Waals surface area contributed by atoms with Gasteiger partial charge in [-0.25, -0.2) is 0 Å². The molecule has 0 aliphatic rings. The van der Waals surface area contributed by atoms with Crippen LogP contribution in [0.5, 0.6) is 5.88 Å². The Hall–Kier alpha value is -1.30. The molecule has 0 radical (unpaired) electrons. The predicted octanol–water partition coefficient (Wildman–Crippen LogP) is 1.80. The van der Waals surface area contributed by atoms with E-state index in [0.717, 1.165) is 5.13 Å². The number of ether oxygens (including phenoxy) is 1. The number of carboxylic acids is 1. The van der Waals surface area contributed by atoms with Crippen LogP contribution < -0.4 is 9.64 Å². The van der Waals surface area contributed by atoms with Gasteiger partial charge in [-0.05, 0) is 6.42 Å². The molecule has 1 rings (SSSR count). The van der Waals surface area contributed by atoms with Crippen molar-refractivity contribution in [3.8, 4) is 5.88 Å². The van der Waals surface area contributed by atoms with E-state index >= 15 is 0 Å². The molecule has 5 nitrogen and oxygen atoms in total. The molecule has 6 heteroatoms. The second-order valence-corrected chi connectivity index (χ2v) is 4.57. The molecule has 0 aliphatic carbocycles. The Morgan fingerprint density at radius 3 is 2.62 bits per heavy atom. The molecule has 0 aromatic carbocycles. The summed E-state index contributed by atoms with van der Waals surface area (Å²) >= 11 is 1.36. The van der Waals surface area contributed by atoms with Crippen molar-refractivity contribution in [2.45, 2.75) is 19.3 Å². The molecule has 0 bridgehead atoms. The lowest BCUT2D eigenvalue weighted by Gasteiger charge is -2.08. The zero-order chi connectivity index (χ0) is 12.3. The van der Waals surface area contributed by atoms with E-state index in [4.69, 9.17) is 9.84 Å². The van der Waals surface area contributed by atoms with Gasteiger partial charge in [0.1, 0.15) is 0 Å². The van der Waals surface area contributed by atoms with E-state index in [1.54, 1.807) is 0 Å². The maximum atomic E-state index is 11.1. The largest absolute Gasteiger partial charge is 0.481 e. The number of anilines is 1. The number of aromatic nitrogens is 1. The Morgan fingerprint density at radius 1 is 1.62 bits per heavy atom. The first-order chi connectivity index (χ1) is 7.51. The summed E-state index contributed by atoms with van der Waals surface area (Å²) in [6.45, 7) is 1.84. The van der Waals surface area contributed by atoms with Crippen LogP contribution in [0.2, 0.25) is 0 Å². The standard InChI is InChI=1S/C10H16N2O3S/c1-5-6(9(13)14)7-8(15-4)11-10(16-7)12(2)3/h6H,5H2,1-4H3,(H,13,14). The second-order valence-electron chi connectivity index (χ2n) is 3.56. The van der Waals surface area contributed by atoms with E-state index in [1.165, 1.54) is 18.4 Å². The zero-order valence-corrected chi connectivity index (χ0v) is 10.7. The maximum absolute atomic E-state index is 11.1. The van der Waals surface area contributed by atoms with Crippen molar-refractivity contribution >= 4 is 22.4 Å². The zero-order valence-electron chi connectivity index (χ0n) is 9.85. The van der Waals surface area contributed by atoms with Crippen LogP contribution in [0.1, 0.15) is 24.1 Å². The van der Waals surface area contributed by atoms with Crippen molar-refractivity contribution in [3.05, 3.63) is 4.88 Å². The molecule has 0 fully saturated rings. The normalized spacial score (nSPS) is 12.2. The van der Waals surface area contributed by atoms with Crippen molar-refractivity contribution in [1.82, 2.24) is 4.98 Å². The van der Waals surface area contributed by atoms with Crippen LogP contribution in [-0.2, 0) is 4.79 Å². The van der Waals surface area contributed by atoms with Gasteiger partial charge in [-0.3, -0.25) is 4.79 Å². The van der Waals surface area contributed by atoms with Gasteiger partial charge in [0.25, 0.3) is 0 Å². The lowest BCUT2D eigenvalue weighted by atomic mass is 10.1. The fraction of sp³-hybridized carbons (Fsp3) is 0.600. The molecule has 16 heavy (non-hydrogen) atoms. The smallest absolute Gasteiger partial charge is 0.312 e. The fourth-order valence-electron chi connectivity index (χ4n) is 1.34. The number of rotatable bonds is 5. The monoisotopic (exact) mass is 244 g/mol. The molecule has 90 valence electrons. The molecule has 1 unspecified atom stereocenters. The molecule has 1 aromatic rings. The van der Waals surface area contributed by atoms with Gasteiger partial charge in [0, 0.05) is 14.1 Å². The Morgan fingerprint density at radius 2 is 2.25 bits per heavy atom. The van der Waals surface area contributed by atoms with Crippen molar-refractivity contribution in [3.63, 3.8) is 0 Å². The van der Waals surface area contributed by atoms with Crippen LogP contribution >= 0.6 is 11.3 Å².